The van der Waals surface area contributed by atoms with Gasteiger partial charge in [0.15, 0.2) is 5.52 Å². The van der Waals surface area contributed by atoms with E-state index in [1.54, 1.807) is 0 Å². The maximum Gasteiger partial charge on any atom is 0.254 e. The Morgan fingerprint density at radius 2 is 1.42 bits per heavy atom. The second-order valence-electron chi connectivity index (χ2n) is 8.45. The Hall–Kier alpha value is -2.58. The number of hydrogen-bond donors (Lipinski definition) is 0. The Bertz CT molecular complexity index is 1190. The minimum atomic E-state index is 0. The number of aromatic nitrogens is 2. The van der Waals surface area contributed by atoms with E-state index in [1.807, 2.05) is 0 Å². The van der Waals surface area contributed by atoms with Gasteiger partial charge in [-0.25, -0.2) is 4.57 Å². The standard InChI is InChI=1S/C28H33N2.ClH/c1-7-22-15-23(8-2)27(24(9-3)16-22)26-12-10-11-25-17-29(18-30(25)26)28-20(5)13-19(4)14-21(28)6;/h10-18H,7-9H2,1-6H3;1H/q+1;/p-1. The zero-order valence-corrected chi connectivity index (χ0v) is 20.3. The third-order valence-corrected chi connectivity index (χ3v) is 6.25. The Morgan fingerprint density at radius 1 is 0.806 bits per heavy atom. The van der Waals surface area contributed by atoms with Crippen LogP contribution in [0.5, 0.6) is 0 Å². The second kappa shape index (κ2) is 9.28. The van der Waals surface area contributed by atoms with E-state index >= 15 is 0 Å². The molecule has 0 radical (unpaired) electrons. The summed E-state index contributed by atoms with van der Waals surface area (Å²) in [7, 11) is 0. The lowest BCUT2D eigenvalue weighted by Gasteiger charge is -2.14. The fraction of sp³-hybridized carbons (Fsp3) is 0.321. The normalized spacial score (nSPS) is 11.0. The van der Waals surface area contributed by atoms with Gasteiger partial charge in [-0.1, -0.05) is 56.7 Å². The van der Waals surface area contributed by atoms with E-state index in [4.69, 9.17) is 0 Å². The third-order valence-electron chi connectivity index (χ3n) is 6.25. The van der Waals surface area contributed by atoms with Crippen LogP contribution in [0, 0.1) is 20.8 Å². The minimum Gasteiger partial charge on any atom is -1.00 e. The summed E-state index contributed by atoms with van der Waals surface area (Å²) in [5.74, 6) is 0. The zero-order valence-electron chi connectivity index (χ0n) is 19.6. The molecule has 3 heteroatoms. The summed E-state index contributed by atoms with van der Waals surface area (Å²) in [6.45, 7) is 13.4. The highest BCUT2D eigenvalue weighted by Crippen LogP contribution is 2.31. The molecule has 0 unspecified atom stereocenters. The summed E-state index contributed by atoms with van der Waals surface area (Å²) >= 11 is 0. The van der Waals surface area contributed by atoms with Gasteiger partial charge in [0.2, 0.25) is 0 Å². The maximum atomic E-state index is 2.40. The molecule has 0 fully saturated rings. The van der Waals surface area contributed by atoms with Crippen LogP contribution in [0.2, 0.25) is 0 Å². The van der Waals surface area contributed by atoms with Gasteiger partial charge in [0, 0.05) is 5.56 Å². The van der Waals surface area contributed by atoms with E-state index in [0.717, 1.165) is 19.3 Å². The smallest absolute Gasteiger partial charge is 0.254 e. The lowest BCUT2D eigenvalue weighted by molar-refractivity contribution is -0.594. The van der Waals surface area contributed by atoms with E-state index < -0.39 is 0 Å². The highest BCUT2D eigenvalue weighted by atomic mass is 35.5. The van der Waals surface area contributed by atoms with Crippen LogP contribution >= 0.6 is 0 Å². The van der Waals surface area contributed by atoms with Gasteiger partial charge in [-0.05, 0) is 80.0 Å². The van der Waals surface area contributed by atoms with Gasteiger partial charge in [0.05, 0.1) is 0 Å². The van der Waals surface area contributed by atoms with Gasteiger partial charge < -0.3 is 12.4 Å². The molecule has 0 saturated heterocycles. The zero-order chi connectivity index (χ0) is 21.4. The number of nitrogens with zero attached hydrogens (tertiary/aromatic N) is 2. The number of pyridine rings is 1. The molecule has 4 rings (SSSR count). The van der Waals surface area contributed by atoms with Gasteiger partial charge in [-0.15, -0.1) is 0 Å². The SMILES string of the molecule is CCc1cc(CC)c(-c2cccc3c[n+](-c4c(C)cc(C)cc4C)cn23)c(CC)c1.[Cl-]. The lowest BCUT2D eigenvalue weighted by atomic mass is 9.91. The molecular formula is C28H33ClN2. The van der Waals surface area contributed by atoms with Crippen LogP contribution in [-0.4, -0.2) is 4.40 Å². The van der Waals surface area contributed by atoms with Crippen molar-refractivity contribution in [2.24, 2.45) is 0 Å². The van der Waals surface area contributed by atoms with Crippen molar-refractivity contribution in [2.45, 2.75) is 60.8 Å². The number of fused-ring (bicyclic) bond motifs is 1. The summed E-state index contributed by atoms with van der Waals surface area (Å²) < 4.78 is 4.65. The van der Waals surface area contributed by atoms with Crippen LogP contribution < -0.4 is 17.0 Å². The van der Waals surface area contributed by atoms with Crippen LogP contribution in [0.25, 0.3) is 22.5 Å². The molecule has 0 spiro atoms. The number of imidazole rings is 1. The lowest BCUT2D eigenvalue weighted by Crippen LogP contribution is -3.00. The van der Waals surface area contributed by atoms with Crippen LogP contribution in [0.1, 0.15) is 54.2 Å². The fourth-order valence-corrected chi connectivity index (χ4v) is 4.91. The number of halogens is 1. The summed E-state index contributed by atoms with van der Waals surface area (Å²) in [6, 6.07) is 16.0. The van der Waals surface area contributed by atoms with Crippen molar-refractivity contribution < 1.29 is 17.0 Å². The van der Waals surface area contributed by atoms with Crippen molar-refractivity contribution in [1.29, 1.82) is 0 Å². The highest BCUT2D eigenvalue weighted by molar-refractivity contribution is 5.72. The quantitative estimate of drug-likeness (QED) is 0.426. The monoisotopic (exact) mass is 432 g/mol. The van der Waals surface area contributed by atoms with Crippen LogP contribution in [-0.2, 0) is 19.3 Å². The first-order valence-electron chi connectivity index (χ1n) is 11.2. The summed E-state index contributed by atoms with van der Waals surface area (Å²) in [5.41, 5.74) is 13.5. The average molecular weight is 433 g/mol. The third kappa shape index (κ3) is 4.14. The van der Waals surface area contributed by atoms with Crippen LogP contribution in [0.4, 0.5) is 0 Å². The van der Waals surface area contributed by atoms with Crippen molar-refractivity contribution in [2.75, 3.05) is 0 Å². The molecule has 2 nitrogen and oxygen atoms in total. The molecule has 0 atom stereocenters. The Balaban J connectivity index is 0.00000272. The predicted octanol–water partition coefficient (Wildman–Crippen LogP) is 3.50. The topological polar surface area (TPSA) is 8.29 Å². The number of rotatable bonds is 5. The molecule has 0 aliphatic carbocycles. The van der Waals surface area contributed by atoms with E-state index in [9.17, 15) is 0 Å². The molecular weight excluding hydrogens is 400 g/mol. The number of aryl methyl sites for hydroxylation is 6. The van der Waals surface area contributed by atoms with E-state index in [-0.39, 0.29) is 12.4 Å². The Labute approximate surface area is 193 Å². The summed E-state index contributed by atoms with van der Waals surface area (Å²) in [5, 5.41) is 0. The van der Waals surface area contributed by atoms with Gasteiger partial charge in [0.25, 0.3) is 6.33 Å². The first-order chi connectivity index (χ1) is 14.5. The van der Waals surface area contributed by atoms with Crippen molar-refractivity contribution in [3.8, 4) is 16.9 Å². The van der Waals surface area contributed by atoms with Crippen molar-refractivity contribution in [3.05, 3.63) is 88.4 Å². The molecule has 0 aliphatic rings. The predicted molar refractivity (Wildman–Crippen MR) is 127 cm³/mol. The molecule has 31 heavy (non-hydrogen) atoms. The molecule has 0 aliphatic heterocycles. The van der Waals surface area contributed by atoms with Gasteiger partial charge in [0.1, 0.15) is 17.6 Å². The first kappa shape index (κ1) is 23.1. The largest absolute Gasteiger partial charge is 1.00 e. The van der Waals surface area contributed by atoms with E-state index in [2.05, 4.69) is 105 Å². The number of hydrogen-bond acceptors (Lipinski definition) is 0. The highest BCUT2D eigenvalue weighted by Gasteiger charge is 2.20. The Kier molecular flexibility index (Phi) is 6.91. The van der Waals surface area contributed by atoms with Crippen LogP contribution in [0.15, 0.2) is 55.0 Å². The van der Waals surface area contributed by atoms with Crippen molar-refractivity contribution in [3.63, 3.8) is 0 Å². The second-order valence-corrected chi connectivity index (χ2v) is 8.45. The molecule has 2 aromatic carbocycles. The molecule has 2 aromatic heterocycles. The van der Waals surface area contributed by atoms with E-state index in [0.29, 0.717) is 0 Å². The van der Waals surface area contributed by atoms with Gasteiger partial charge in [-0.3, -0.25) is 0 Å². The number of benzene rings is 2. The Morgan fingerprint density at radius 3 is 1.97 bits per heavy atom. The molecule has 0 amide bonds. The molecule has 2 heterocycles. The fourth-order valence-electron chi connectivity index (χ4n) is 4.91. The van der Waals surface area contributed by atoms with Crippen molar-refractivity contribution in [1.82, 2.24) is 4.40 Å². The molecule has 0 saturated carbocycles. The van der Waals surface area contributed by atoms with Gasteiger partial charge >= 0.3 is 0 Å². The first-order valence-corrected chi connectivity index (χ1v) is 11.2. The molecule has 4 aromatic rings. The van der Waals surface area contributed by atoms with Crippen molar-refractivity contribution >= 4 is 5.52 Å². The van der Waals surface area contributed by atoms with Crippen LogP contribution in [0.3, 0.4) is 0 Å². The minimum absolute atomic E-state index is 0. The summed E-state index contributed by atoms with van der Waals surface area (Å²) in [4.78, 5) is 0. The average Bonchev–Trinajstić information content (AvgIpc) is 3.15. The van der Waals surface area contributed by atoms with Gasteiger partial charge in [-0.2, -0.15) is 4.40 Å². The van der Waals surface area contributed by atoms with E-state index in [1.165, 1.54) is 55.8 Å². The molecule has 162 valence electrons. The molecule has 0 bridgehead atoms. The summed E-state index contributed by atoms with van der Waals surface area (Å²) in [6.07, 6.45) is 7.68. The maximum absolute atomic E-state index is 2.40. The molecule has 0 N–H and O–H groups in total.